The third-order valence-electron chi connectivity index (χ3n) is 3.01. The van der Waals surface area contributed by atoms with Crippen molar-refractivity contribution in [1.82, 2.24) is 10.2 Å². The summed E-state index contributed by atoms with van der Waals surface area (Å²) < 4.78 is 5.49. The maximum absolute atomic E-state index is 11.4. The van der Waals surface area contributed by atoms with Crippen molar-refractivity contribution < 1.29 is 14.6 Å². The number of aromatic nitrogens is 2. The van der Waals surface area contributed by atoms with Crippen LogP contribution in [0.15, 0.2) is 0 Å². The maximum Gasteiger partial charge on any atom is 0.341 e. The highest BCUT2D eigenvalue weighted by molar-refractivity contribution is 5.92. The minimum atomic E-state index is -0.994. The fourth-order valence-electron chi connectivity index (χ4n) is 2.00. The van der Waals surface area contributed by atoms with Crippen molar-refractivity contribution in [2.24, 2.45) is 0 Å². The van der Waals surface area contributed by atoms with Crippen LogP contribution in [0.2, 0.25) is 0 Å². The van der Waals surface area contributed by atoms with Gasteiger partial charge in [0.1, 0.15) is 5.56 Å². The van der Waals surface area contributed by atoms with Gasteiger partial charge >= 0.3 is 5.97 Å². The Morgan fingerprint density at radius 3 is 2.42 bits per heavy atom. The molecule has 0 aliphatic heterocycles. The van der Waals surface area contributed by atoms with Crippen molar-refractivity contribution in [2.45, 2.75) is 52.9 Å². The van der Waals surface area contributed by atoms with E-state index in [0.717, 1.165) is 30.5 Å². The molecule has 1 aromatic rings. The molecule has 0 saturated carbocycles. The van der Waals surface area contributed by atoms with Crippen molar-refractivity contribution in [3.63, 3.8) is 0 Å². The molecule has 0 aliphatic rings. The van der Waals surface area contributed by atoms with Gasteiger partial charge in [0.25, 0.3) is 0 Å². The van der Waals surface area contributed by atoms with Gasteiger partial charge in [-0.25, -0.2) is 4.79 Å². The predicted molar refractivity (Wildman–Crippen MR) is 72.8 cm³/mol. The van der Waals surface area contributed by atoms with E-state index in [1.54, 1.807) is 0 Å². The van der Waals surface area contributed by atoms with E-state index in [0.29, 0.717) is 19.4 Å². The molecule has 1 heterocycles. The van der Waals surface area contributed by atoms with Gasteiger partial charge in [-0.1, -0.05) is 33.6 Å². The molecule has 5 nitrogen and oxygen atoms in total. The molecule has 1 rings (SSSR count). The Morgan fingerprint density at radius 2 is 1.89 bits per heavy atom. The van der Waals surface area contributed by atoms with E-state index in [-0.39, 0.29) is 11.4 Å². The van der Waals surface area contributed by atoms with Crippen LogP contribution in [0, 0.1) is 0 Å². The van der Waals surface area contributed by atoms with Gasteiger partial charge in [-0.05, 0) is 24.8 Å². The van der Waals surface area contributed by atoms with Crippen LogP contribution in [-0.4, -0.2) is 27.9 Å². The first-order valence-corrected chi connectivity index (χ1v) is 6.90. The Hall–Kier alpha value is -1.65. The molecule has 0 fully saturated rings. The quantitative estimate of drug-likeness (QED) is 0.732. The van der Waals surface area contributed by atoms with Crippen molar-refractivity contribution in [3.8, 4) is 5.88 Å². The highest BCUT2D eigenvalue weighted by Gasteiger charge is 2.21. The molecule has 0 radical (unpaired) electrons. The minimum absolute atomic E-state index is 0.151. The molecule has 0 aliphatic carbocycles. The fourth-order valence-corrected chi connectivity index (χ4v) is 2.00. The van der Waals surface area contributed by atoms with E-state index >= 15 is 0 Å². The largest absolute Gasteiger partial charge is 0.477 e. The van der Waals surface area contributed by atoms with Crippen LogP contribution in [0.5, 0.6) is 5.88 Å². The monoisotopic (exact) mass is 266 g/mol. The minimum Gasteiger partial charge on any atom is -0.477 e. The SMILES string of the molecule is CCCCCOc1nnc(CC)c(CC)c1C(=O)O. The van der Waals surface area contributed by atoms with Crippen molar-refractivity contribution in [1.29, 1.82) is 0 Å². The van der Waals surface area contributed by atoms with Crippen LogP contribution >= 0.6 is 0 Å². The molecule has 0 atom stereocenters. The van der Waals surface area contributed by atoms with Gasteiger partial charge < -0.3 is 9.84 Å². The number of nitrogens with zero attached hydrogens (tertiary/aromatic N) is 2. The lowest BCUT2D eigenvalue weighted by molar-refractivity contribution is 0.0689. The Bertz CT molecular complexity index is 433. The summed E-state index contributed by atoms with van der Waals surface area (Å²) in [5, 5.41) is 17.3. The molecule has 1 aromatic heterocycles. The molecular formula is C14H22N2O3. The smallest absolute Gasteiger partial charge is 0.341 e. The van der Waals surface area contributed by atoms with E-state index in [2.05, 4.69) is 17.1 Å². The van der Waals surface area contributed by atoms with Crippen molar-refractivity contribution in [3.05, 3.63) is 16.8 Å². The van der Waals surface area contributed by atoms with Crippen LogP contribution in [0.3, 0.4) is 0 Å². The number of hydrogen-bond donors (Lipinski definition) is 1. The van der Waals surface area contributed by atoms with Crippen LogP contribution in [0.25, 0.3) is 0 Å². The predicted octanol–water partition coefficient (Wildman–Crippen LogP) is 2.87. The number of rotatable bonds is 8. The fraction of sp³-hybridized carbons (Fsp3) is 0.643. The highest BCUT2D eigenvalue weighted by atomic mass is 16.5. The lowest BCUT2D eigenvalue weighted by Gasteiger charge is -2.12. The average molecular weight is 266 g/mol. The summed E-state index contributed by atoms with van der Waals surface area (Å²) in [4.78, 5) is 11.4. The van der Waals surface area contributed by atoms with Gasteiger partial charge in [0.2, 0.25) is 5.88 Å². The van der Waals surface area contributed by atoms with Gasteiger partial charge in [0, 0.05) is 0 Å². The van der Waals surface area contributed by atoms with E-state index in [4.69, 9.17) is 4.74 Å². The molecule has 19 heavy (non-hydrogen) atoms. The van der Waals surface area contributed by atoms with Gasteiger partial charge in [0.05, 0.1) is 12.3 Å². The lowest BCUT2D eigenvalue weighted by atomic mass is 10.0. The number of carbonyl (C=O) groups is 1. The van der Waals surface area contributed by atoms with Crippen LogP contribution in [0.4, 0.5) is 0 Å². The molecule has 0 spiro atoms. The van der Waals surface area contributed by atoms with Crippen molar-refractivity contribution >= 4 is 5.97 Å². The molecular weight excluding hydrogens is 244 g/mol. The zero-order valence-corrected chi connectivity index (χ0v) is 11.9. The summed E-state index contributed by atoms with van der Waals surface area (Å²) in [5.74, 6) is -0.843. The van der Waals surface area contributed by atoms with Crippen LogP contribution in [0.1, 0.15) is 61.6 Å². The number of aryl methyl sites for hydroxylation is 1. The van der Waals surface area contributed by atoms with E-state index in [1.165, 1.54) is 0 Å². The number of carboxylic acid groups (broad SMARTS) is 1. The van der Waals surface area contributed by atoms with Gasteiger partial charge in [-0.2, -0.15) is 5.10 Å². The normalized spacial score (nSPS) is 10.5. The second kappa shape index (κ2) is 7.71. The van der Waals surface area contributed by atoms with Gasteiger partial charge in [-0.3, -0.25) is 0 Å². The molecule has 0 saturated heterocycles. The molecule has 0 aromatic carbocycles. The molecule has 5 heteroatoms. The third-order valence-corrected chi connectivity index (χ3v) is 3.01. The lowest BCUT2D eigenvalue weighted by Crippen LogP contribution is -2.13. The Morgan fingerprint density at radius 1 is 1.16 bits per heavy atom. The van der Waals surface area contributed by atoms with Crippen LogP contribution < -0.4 is 4.74 Å². The Kier molecular flexibility index (Phi) is 6.25. The standard InChI is InChI=1S/C14H22N2O3/c1-4-7-8-9-19-13-12(14(17)18)10(5-2)11(6-3)15-16-13/h4-9H2,1-3H3,(H,17,18). The van der Waals surface area contributed by atoms with Gasteiger partial charge in [0.15, 0.2) is 0 Å². The topological polar surface area (TPSA) is 72.3 Å². The molecule has 0 bridgehead atoms. The van der Waals surface area contributed by atoms with Crippen LogP contribution in [-0.2, 0) is 12.8 Å². The summed E-state index contributed by atoms with van der Waals surface area (Å²) in [6.07, 6.45) is 4.34. The number of aromatic carboxylic acids is 1. The maximum atomic E-state index is 11.4. The zero-order valence-electron chi connectivity index (χ0n) is 11.9. The summed E-state index contributed by atoms with van der Waals surface area (Å²) in [6.45, 7) is 6.45. The summed E-state index contributed by atoms with van der Waals surface area (Å²) in [7, 11) is 0. The summed E-state index contributed by atoms with van der Waals surface area (Å²) in [6, 6.07) is 0. The first-order valence-electron chi connectivity index (χ1n) is 6.90. The second-order valence-corrected chi connectivity index (χ2v) is 4.37. The van der Waals surface area contributed by atoms with Crippen molar-refractivity contribution in [2.75, 3.05) is 6.61 Å². The second-order valence-electron chi connectivity index (χ2n) is 4.37. The molecule has 0 amide bonds. The Balaban J connectivity index is 3.00. The summed E-state index contributed by atoms with van der Waals surface area (Å²) in [5.41, 5.74) is 1.64. The van der Waals surface area contributed by atoms with E-state index in [1.807, 2.05) is 13.8 Å². The first kappa shape index (κ1) is 15.4. The number of ether oxygens (including phenoxy) is 1. The summed E-state index contributed by atoms with van der Waals surface area (Å²) >= 11 is 0. The average Bonchev–Trinajstić information content (AvgIpc) is 2.42. The zero-order chi connectivity index (χ0) is 14.3. The molecule has 106 valence electrons. The number of unbranched alkanes of at least 4 members (excludes halogenated alkanes) is 2. The Labute approximate surface area is 114 Å². The van der Waals surface area contributed by atoms with E-state index < -0.39 is 5.97 Å². The number of carboxylic acids is 1. The highest BCUT2D eigenvalue weighted by Crippen LogP contribution is 2.23. The molecule has 1 N–H and O–H groups in total. The number of hydrogen-bond acceptors (Lipinski definition) is 4. The van der Waals surface area contributed by atoms with Gasteiger partial charge in [-0.15, -0.1) is 5.10 Å². The first-order chi connectivity index (χ1) is 9.15. The van der Waals surface area contributed by atoms with E-state index in [9.17, 15) is 9.90 Å². The third kappa shape index (κ3) is 3.91. The molecule has 0 unspecified atom stereocenters.